The molecule has 4 fully saturated rings. The van der Waals surface area contributed by atoms with E-state index in [1.807, 2.05) is 36.4 Å². The number of benzene rings is 3. The van der Waals surface area contributed by atoms with Crippen molar-refractivity contribution >= 4 is 64.5 Å². The van der Waals surface area contributed by atoms with Crippen LogP contribution in [0.25, 0.3) is 10.1 Å². The fourth-order valence-electron chi connectivity index (χ4n) is 10.4. The predicted molar refractivity (Wildman–Crippen MR) is 269 cm³/mol. The molecule has 4 saturated heterocycles. The van der Waals surface area contributed by atoms with Gasteiger partial charge in [-0.25, -0.2) is 0 Å². The highest BCUT2D eigenvalue weighted by atomic mass is 32.1. The van der Waals surface area contributed by atoms with Crippen LogP contribution < -0.4 is 10.6 Å². The smallest absolute Gasteiger partial charge is 0.375 e. The minimum Gasteiger partial charge on any atom is -0.375 e. The molecular formula is C53H59F2N6O11PS. The maximum absolute atomic E-state index is 14.9. The van der Waals surface area contributed by atoms with Crippen LogP contribution in [0.4, 0.5) is 8.78 Å². The largest absolute Gasteiger partial charge is 0.399 e. The van der Waals surface area contributed by atoms with E-state index < -0.39 is 66.2 Å². The van der Waals surface area contributed by atoms with Gasteiger partial charge in [0.25, 0.3) is 11.8 Å². The second-order valence-corrected chi connectivity index (χ2v) is 23.4. The third kappa shape index (κ3) is 11.2. The first-order valence-electron chi connectivity index (χ1n) is 24.8. The Bertz CT molecular complexity index is 2960. The summed E-state index contributed by atoms with van der Waals surface area (Å²) in [6, 6.07) is 16.7. The summed E-state index contributed by atoms with van der Waals surface area (Å²) in [5.74, 6) is 4.40. The molecule has 6 heterocycles. The van der Waals surface area contributed by atoms with Gasteiger partial charge in [-0.15, -0.1) is 11.3 Å². The Hall–Kier alpha value is -5.91. The van der Waals surface area contributed by atoms with Crippen molar-refractivity contribution in [3.8, 4) is 11.8 Å². The van der Waals surface area contributed by atoms with Crippen LogP contribution in [0.5, 0.6) is 0 Å². The van der Waals surface area contributed by atoms with E-state index in [1.165, 1.54) is 21.9 Å². The van der Waals surface area contributed by atoms with Crippen LogP contribution in [-0.2, 0) is 45.4 Å². The van der Waals surface area contributed by atoms with Crippen molar-refractivity contribution in [2.24, 2.45) is 11.3 Å². The van der Waals surface area contributed by atoms with Crippen molar-refractivity contribution in [1.29, 1.82) is 0 Å². The van der Waals surface area contributed by atoms with Gasteiger partial charge in [0.15, 0.2) is 0 Å². The molecular weight excluding hydrogens is 998 g/mol. The molecule has 6 amide bonds. The predicted octanol–water partition coefficient (Wildman–Crippen LogP) is 5.38. The first-order chi connectivity index (χ1) is 35.2. The van der Waals surface area contributed by atoms with Crippen molar-refractivity contribution in [3.63, 3.8) is 0 Å². The zero-order chi connectivity index (χ0) is 52.7. The van der Waals surface area contributed by atoms with Crippen LogP contribution in [0.3, 0.4) is 0 Å². The van der Waals surface area contributed by atoms with Crippen LogP contribution >= 0.6 is 18.9 Å². The molecule has 0 radical (unpaired) electrons. The summed E-state index contributed by atoms with van der Waals surface area (Å²) >= 11 is 0.974. The lowest BCUT2D eigenvalue weighted by Gasteiger charge is -2.38. The zero-order valence-electron chi connectivity index (χ0n) is 41.3. The fraction of sp³-hybridized carbons (Fsp3) is 0.472. The number of thiophene rings is 1. The number of morpholine rings is 1. The maximum Gasteiger partial charge on any atom is 0.399 e. The molecule has 2 unspecified atom stereocenters. The Morgan fingerprint density at radius 2 is 1.73 bits per heavy atom. The number of carbonyl (C=O) groups is 6. The standard InChI is InChI=1S/C53H59F2N6O11PS/c1-52(2,3)46(57-48(64)44-27-35-26-36(14-16-43(35)74-44)53(54,55)73(68,69)70)51(67)60-29-37(28-41(60)50(66)59-23-25-72-42(31-59)34-8-5-4-6-9-34)71-24-22-58-20-18-32(19-21-58)12-13-33-10-7-11-38-39(33)30-61(49(38)65)40-15-17-45(62)56-47(40)63/h4-11,14,16,26-27,32,37,40-42,46H,15,17-25,28-31H2,1-3H3,(H,57,64)(H,56,62,63)(H2,68,69,70)/t37-,40?,41-,42-,46?/m0/s1. The Balaban J connectivity index is 0.848. The number of amides is 6. The molecule has 1 aromatic heterocycles. The quantitative estimate of drug-likeness (QED) is 0.0800. The van der Waals surface area contributed by atoms with E-state index in [2.05, 4.69) is 27.4 Å². The zero-order valence-corrected chi connectivity index (χ0v) is 43.0. The van der Waals surface area contributed by atoms with Gasteiger partial charge >= 0.3 is 13.3 Å². The van der Waals surface area contributed by atoms with Gasteiger partial charge in [0.1, 0.15) is 24.2 Å². The third-order valence-electron chi connectivity index (χ3n) is 14.6. The molecule has 74 heavy (non-hydrogen) atoms. The number of alkyl halides is 2. The lowest BCUT2D eigenvalue weighted by Crippen LogP contribution is -2.58. The number of carbonyl (C=O) groups excluding carboxylic acids is 6. The monoisotopic (exact) mass is 1060 g/mol. The number of imide groups is 1. The molecule has 5 atom stereocenters. The number of nitrogens with one attached hydrogen (secondary N) is 2. The minimum atomic E-state index is -5.84. The normalized spacial score (nSPS) is 22.6. The number of halogens is 2. The average molecular weight is 1060 g/mol. The summed E-state index contributed by atoms with van der Waals surface area (Å²) < 4.78 is 53.8. The topological polar surface area (TPSA) is 215 Å². The van der Waals surface area contributed by atoms with E-state index in [0.29, 0.717) is 36.6 Å². The van der Waals surface area contributed by atoms with Crippen LogP contribution in [0.1, 0.15) is 101 Å². The molecule has 5 aliphatic rings. The highest BCUT2D eigenvalue weighted by Gasteiger charge is 2.51. The molecule has 5 aliphatic heterocycles. The van der Waals surface area contributed by atoms with E-state index in [1.54, 1.807) is 37.8 Å². The summed E-state index contributed by atoms with van der Waals surface area (Å²) in [4.78, 5) is 107. The fourth-order valence-corrected chi connectivity index (χ4v) is 11.8. The van der Waals surface area contributed by atoms with Crippen molar-refractivity contribution in [2.75, 3.05) is 52.5 Å². The Morgan fingerprint density at radius 1 is 0.973 bits per heavy atom. The van der Waals surface area contributed by atoms with Gasteiger partial charge in [0.05, 0.1) is 30.7 Å². The van der Waals surface area contributed by atoms with Crippen LogP contribution in [0, 0.1) is 23.2 Å². The van der Waals surface area contributed by atoms with Crippen LogP contribution in [0.15, 0.2) is 72.8 Å². The van der Waals surface area contributed by atoms with E-state index in [9.17, 15) is 51.9 Å². The van der Waals surface area contributed by atoms with Crippen molar-refractivity contribution < 1.29 is 61.4 Å². The highest BCUT2D eigenvalue weighted by molar-refractivity contribution is 7.52. The van der Waals surface area contributed by atoms with Gasteiger partial charge in [-0.3, -0.25) is 38.6 Å². The molecule has 4 aromatic rings. The number of fused-ring (bicyclic) bond motifs is 2. The molecule has 392 valence electrons. The molecule has 0 aliphatic carbocycles. The number of likely N-dealkylation sites (tertiary alicyclic amines) is 2. The van der Waals surface area contributed by atoms with Crippen molar-refractivity contribution in [1.82, 2.24) is 30.2 Å². The number of ether oxygens (including phenoxy) is 2. The van der Waals surface area contributed by atoms with Gasteiger partial charge in [-0.05, 0) is 84.6 Å². The van der Waals surface area contributed by atoms with Crippen LogP contribution in [-0.4, -0.2) is 142 Å². The lowest BCUT2D eigenvalue weighted by molar-refractivity contribution is -0.150. The van der Waals surface area contributed by atoms with Crippen molar-refractivity contribution in [2.45, 2.75) is 95.4 Å². The van der Waals surface area contributed by atoms with Gasteiger partial charge in [-0.2, -0.15) is 8.78 Å². The first-order valence-corrected chi connectivity index (χ1v) is 27.3. The summed E-state index contributed by atoms with van der Waals surface area (Å²) in [5, 5.41) is 5.37. The number of piperidine rings is 2. The molecule has 9 rings (SSSR count). The SMILES string of the molecule is CC(C)(C)C(NC(=O)c1cc2cc(C(F)(F)P(=O)(O)O)ccc2s1)C(=O)N1C[C@@H](OCCN2CCC(C#Cc3cccc4c3CN(C3CCC(=O)NC3=O)C4=O)CC2)C[C@H]1C(=O)N1CCO[C@H](c2ccccc2)C1. The Labute approximate surface area is 431 Å². The van der Waals surface area contributed by atoms with E-state index in [0.717, 1.165) is 66.1 Å². The summed E-state index contributed by atoms with van der Waals surface area (Å²) in [7, 11) is -5.84. The van der Waals surface area contributed by atoms with E-state index in [4.69, 9.17) is 9.47 Å². The highest BCUT2D eigenvalue weighted by Crippen LogP contribution is 2.59. The molecule has 21 heteroatoms. The first kappa shape index (κ1) is 52.9. The van der Waals surface area contributed by atoms with Crippen molar-refractivity contribution in [3.05, 3.63) is 105 Å². The average Bonchev–Trinajstić information content (AvgIpc) is 4.10. The molecule has 0 spiro atoms. The lowest BCUT2D eigenvalue weighted by atomic mass is 9.85. The van der Waals surface area contributed by atoms with Gasteiger partial charge in [0.2, 0.25) is 23.6 Å². The van der Waals surface area contributed by atoms with Crippen LogP contribution in [0.2, 0.25) is 0 Å². The third-order valence-corrected chi connectivity index (χ3v) is 16.7. The molecule has 0 bridgehead atoms. The Kier molecular flexibility index (Phi) is 15.3. The summed E-state index contributed by atoms with van der Waals surface area (Å²) in [6.45, 7) is 9.04. The second-order valence-electron chi connectivity index (χ2n) is 20.6. The van der Waals surface area contributed by atoms with Gasteiger partial charge in [0, 0.05) is 66.3 Å². The summed E-state index contributed by atoms with van der Waals surface area (Å²) in [5.41, 5.74) is -3.25. The Morgan fingerprint density at radius 3 is 2.45 bits per heavy atom. The number of rotatable bonds is 12. The number of hydrogen-bond donors (Lipinski definition) is 4. The number of hydrogen-bond acceptors (Lipinski definition) is 11. The maximum atomic E-state index is 14.9. The van der Waals surface area contributed by atoms with Gasteiger partial charge < -0.3 is 44.2 Å². The summed E-state index contributed by atoms with van der Waals surface area (Å²) in [6.07, 6.45) is 1.42. The van der Waals surface area contributed by atoms with E-state index >= 15 is 0 Å². The molecule has 0 saturated carbocycles. The molecule has 17 nitrogen and oxygen atoms in total. The number of nitrogens with zero attached hydrogens (tertiary/aromatic N) is 4. The second kappa shape index (κ2) is 21.4. The minimum absolute atomic E-state index is 0.0847. The van der Waals surface area contributed by atoms with E-state index in [-0.39, 0.29) is 78.9 Å². The van der Waals surface area contributed by atoms with Gasteiger partial charge in [-0.1, -0.05) is 75.1 Å². The molecule has 3 aromatic carbocycles. The molecule has 4 N–H and O–H groups in total.